The Labute approximate surface area is 98.7 Å². The van der Waals surface area contributed by atoms with E-state index in [1.165, 1.54) is 6.33 Å². The van der Waals surface area contributed by atoms with Crippen molar-refractivity contribution in [3.05, 3.63) is 24.5 Å². The van der Waals surface area contributed by atoms with E-state index < -0.39 is 6.10 Å². The van der Waals surface area contributed by atoms with Crippen LogP contribution in [0.4, 0.5) is 0 Å². The molecule has 0 saturated heterocycles. The van der Waals surface area contributed by atoms with Gasteiger partial charge in [0.15, 0.2) is 0 Å². The normalized spacial score (nSPS) is 12.6. The van der Waals surface area contributed by atoms with Crippen LogP contribution in [0.2, 0.25) is 0 Å². The van der Waals surface area contributed by atoms with Crippen molar-refractivity contribution in [2.75, 3.05) is 0 Å². The molecule has 1 atom stereocenters. The third kappa shape index (κ3) is 3.07. The summed E-state index contributed by atoms with van der Waals surface area (Å²) < 4.78 is 5.05. The molecule has 2 rings (SSSR count). The molecule has 2 heterocycles. The fraction of sp³-hybridized carbons (Fsp3) is 0.455. The Balaban J connectivity index is 2.06. The summed E-state index contributed by atoms with van der Waals surface area (Å²) in [5, 5.41) is 13.4. The van der Waals surface area contributed by atoms with Crippen molar-refractivity contribution in [1.29, 1.82) is 0 Å². The molecule has 0 aliphatic carbocycles. The minimum Gasteiger partial charge on any atom is -0.393 e. The lowest BCUT2D eigenvalue weighted by Crippen LogP contribution is -2.09. The van der Waals surface area contributed by atoms with Gasteiger partial charge in [0, 0.05) is 6.20 Å². The minimum absolute atomic E-state index is 0.381. The van der Waals surface area contributed by atoms with Gasteiger partial charge >= 0.3 is 0 Å². The maximum absolute atomic E-state index is 9.63. The summed E-state index contributed by atoms with van der Waals surface area (Å²) in [5.74, 6) is 0.852. The molecule has 0 aromatic carbocycles. The first-order chi connectivity index (χ1) is 8.29. The Morgan fingerprint density at radius 3 is 3.06 bits per heavy atom. The SMILES string of the molecule is CCCC(O)Cc1nc(-c2ccncn2)no1. The molecule has 6 heteroatoms. The van der Waals surface area contributed by atoms with E-state index in [-0.39, 0.29) is 0 Å². The summed E-state index contributed by atoms with van der Waals surface area (Å²) in [6.45, 7) is 2.02. The van der Waals surface area contributed by atoms with Crippen molar-refractivity contribution >= 4 is 0 Å². The van der Waals surface area contributed by atoms with Crippen LogP contribution in [-0.4, -0.2) is 31.3 Å². The lowest BCUT2D eigenvalue weighted by molar-refractivity contribution is 0.152. The highest BCUT2D eigenvalue weighted by Crippen LogP contribution is 2.13. The number of nitrogens with zero attached hydrogens (tertiary/aromatic N) is 4. The van der Waals surface area contributed by atoms with E-state index in [9.17, 15) is 5.11 Å². The number of aliphatic hydroxyl groups is 1. The van der Waals surface area contributed by atoms with Crippen LogP contribution < -0.4 is 0 Å². The van der Waals surface area contributed by atoms with Crippen LogP contribution >= 0.6 is 0 Å². The van der Waals surface area contributed by atoms with Crippen molar-refractivity contribution in [2.24, 2.45) is 0 Å². The number of rotatable bonds is 5. The highest BCUT2D eigenvalue weighted by molar-refractivity contribution is 5.46. The van der Waals surface area contributed by atoms with Gasteiger partial charge in [0.25, 0.3) is 0 Å². The Hall–Kier alpha value is -1.82. The van der Waals surface area contributed by atoms with E-state index >= 15 is 0 Å². The Morgan fingerprint density at radius 2 is 2.35 bits per heavy atom. The average Bonchev–Trinajstić information content (AvgIpc) is 2.79. The Kier molecular flexibility index (Phi) is 3.77. The molecule has 0 aliphatic rings. The molecule has 0 bridgehead atoms. The van der Waals surface area contributed by atoms with Crippen LogP contribution in [0, 0.1) is 0 Å². The third-order valence-electron chi connectivity index (χ3n) is 2.31. The van der Waals surface area contributed by atoms with E-state index in [1.54, 1.807) is 12.3 Å². The van der Waals surface area contributed by atoms with Crippen LogP contribution in [0.15, 0.2) is 23.1 Å². The maximum Gasteiger partial charge on any atom is 0.229 e. The second kappa shape index (κ2) is 5.49. The second-order valence-corrected chi connectivity index (χ2v) is 3.75. The Bertz CT molecular complexity index is 458. The van der Waals surface area contributed by atoms with Crippen molar-refractivity contribution in [3.8, 4) is 11.5 Å². The molecule has 6 nitrogen and oxygen atoms in total. The van der Waals surface area contributed by atoms with E-state index in [2.05, 4.69) is 20.1 Å². The summed E-state index contributed by atoms with van der Waals surface area (Å²) in [6.07, 6.45) is 4.64. The molecule has 0 aliphatic heterocycles. The van der Waals surface area contributed by atoms with E-state index in [0.717, 1.165) is 12.8 Å². The fourth-order valence-corrected chi connectivity index (χ4v) is 1.50. The highest BCUT2D eigenvalue weighted by Gasteiger charge is 2.13. The first kappa shape index (κ1) is 11.7. The van der Waals surface area contributed by atoms with Crippen molar-refractivity contribution in [1.82, 2.24) is 20.1 Å². The van der Waals surface area contributed by atoms with Crippen molar-refractivity contribution < 1.29 is 9.63 Å². The quantitative estimate of drug-likeness (QED) is 0.837. The zero-order valence-corrected chi connectivity index (χ0v) is 9.58. The van der Waals surface area contributed by atoms with E-state index in [4.69, 9.17) is 4.52 Å². The zero-order valence-electron chi connectivity index (χ0n) is 9.58. The largest absolute Gasteiger partial charge is 0.393 e. The second-order valence-electron chi connectivity index (χ2n) is 3.75. The van der Waals surface area contributed by atoms with Gasteiger partial charge in [-0.2, -0.15) is 4.98 Å². The molecule has 0 amide bonds. The van der Waals surface area contributed by atoms with Gasteiger partial charge in [-0.1, -0.05) is 18.5 Å². The molecule has 0 saturated carbocycles. The van der Waals surface area contributed by atoms with Crippen LogP contribution in [-0.2, 0) is 6.42 Å². The van der Waals surface area contributed by atoms with Crippen molar-refractivity contribution in [2.45, 2.75) is 32.3 Å². The average molecular weight is 234 g/mol. The van der Waals surface area contributed by atoms with E-state index in [0.29, 0.717) is 23.8 Å². The molecular weight excluding hydrogens is 220 g/mol. The molecule has 0 spiro atoms. The molecule has 0 radical (unpaired) electrons. The predicted octanol–water partition coefficient (Wildman–Crippen LogP) is 1.23. The summed E-state index contributed by atoms with van der Waals surface area (Å²) in [6, 6.07) is 1.71. The lowest BCUT2D eigenvalue weighted by atomic mass is 10.1. The summed E-state index contributed by atoms with van der Waals surface area (Å²) in [7, 11) is 0. The molecule has 2 aromatic heterocycles. The van der Waals surface area contributed by atoms with Gasteiger partial charge in [0.2, 0.25) is 11.7 Å². The van der Waals surface area contributed by atoms with Gasteiger partial charge in [-0.3, -0.25) is 0 Å². The first-order valence-electron chi connectivity index (χ1n) is 5.56. The van der Waals surface area contributed by atoms with Gasteiger partial charge in [-0.25, -0.2) is 9.97 Å². The standard InChI is InChI=1S/C11H14N4O2/c1-2-3-8(16)6-10-14-11(15-17-10)9-4-5-12-7-13-9/h4-5,7-8,16H,2-3,6H2,1H3. The van der Waals surface area contributed by atoms with Gasteiger partial charge in [-0.15, -0.1) is 0 Å². The molecule has 1 unspecified atom stereocenters. The highest BCUT2D eigenvalue weighted by atomic mass is 16.5. The van der Waals surface area contributed by atoms with Gasteiger partial charge < -0.3 is 9.63 Å². The predicted molar refractivity (Wildman–Crippen MR) is 59.9 cm³/mol. The topological polar surface area (TPSA) is 84.9 Å². The monoisotopic (exact) mass is 234 g/mol. The molecule has 1 N–H and O–H groups in total. The van der Waals surface area contributed by atoms with Crippen LogP contribution in [0.5, 0.6) is 0 Å². The van der Waals surface area contributed by atoms with Crippen molar-refractivity contribution in [3.63, 3.8) is 0 Å². The number of aromatic nitrogens is 4. The molecule has 2 aromatic rings. The van der Waals surface area contributed by atoms with Gasteiger partial charge in [0.05, 0.1) is 12.5 Å². The Morgan fingerprint density at radius 1 is 1.47 bits per heavy atom. The lowest BCUT2D eigenvalue weighted by Gasteiger charge is -2.03. The smallest absolute Gasteiger partial charge is 0.229 e. The fourth-order valence-electron chi connectivity index (χ4n) is 1.50. The van der Waals surface area contributed by atoms with Crippen LogP contribution in [0.3, 0.4) is 0 Å². The third-order valence-corrected chi connectivity index (χ3v) is 2.31. The molecule has 0 fully saturated rings. The first-order valence-corrected chi connectivity index (χ1v) is 5.56. The summed E-state index contributed by atoms with van der Waals surface area (Å²) in [4.78, 5) is 12.0. The molecule has 90 valence electrons. The summed E-state index contributed by atoms with van der Waals surface area (Å²) in [5.41, 5.74) is 0.611. The molecular formula is C11H14N4O2. The zero-order chi connectivity index (χ0) is 12.1. The minimum atomic E-state index is -0.432. The number of hydrogen-bond donors (Lipinski definition) is 1. The van der Waals surface area contributed by atoms with Crippen LogP contribution in [0.25, 0.3) is 11.5 Å². The van der Waals surface area contributed by atoms with Crippen LogP contribution in [0.1, 0.15) is 25.7 Å². The van der Waals surface area contributed by atoms with Gasteiger partial charge in [0.1, 0.15) is 12.0 Å². The summed E-state index contributed by atoms with van der Waals surface area (Å²) >= 11 is 0. The molecule has 17 heavy (non-hydrogen) atoms. The van der Waals surface area contributed by atoms with E-state index in [1.807, 2.05) is 6.92 Å². The number of hydrogen-bond acceptors (Lipinski definition) is 6. The van der Waals surface area contributed by atoms with Gasteiger partial charge in [-0.05, 0) is 12.5 Å². The maximum atomic E-state index is 9.63. The number of aliphatic hydroxyl groups excluding tert-OH is 1.